The molecule has 0 saturated carbocycles. The van der Waals surface area contributed by atoms with E-state index >= 15 is 0 Å². The number of hydrogen-bond acceptors (Lipinski definition) is 2. The highest BCUT2D eigenvalue weighted by Crippen LogP contribution is 2.34. The van der Waals surface area contributed by atoms with Crippen molar-refractivity contribution >= 4 is 12.6 Å². The number of alkyl halides is 3. The predicted molar refractivity (Wildman–Crippen MR) is 61.8 cm³/mol. The van der Waals surface area contributed by atoms with Crippen LogP contribution in [-0.2, 0) is 11.9 Å². The summed E-state index contributed by atoms with van der Waals surface area (Å²) in [7, 11) is 0. The quantitative estimate of drug-likeness (QED) is 0.788. The lowest BCUT2D eigenvalue weighted by Crippen LogP contribution is -2.05. The number of thiol groups is 1. The molecule has 2 rings (SSSR count). The highest BCUT2D eigenvalue weighted by molar-refractivity contribution is 7.79. The molecule has 0 aliphatic heterocycles. The number of hydrogen-bond donors (Lipinski definition) is 1. The summed E-state index contributed by atoms with van der Waals surface area (Å²) in [4.78, 5) is 0. The summed E-state index contributed by atoms with van der Waals surface area (Å²) in [6.07, 6.45) is -2.92. The molecule has 0 amide bonds. The van der Waals surface area contributed by atoms with Crippen LogP contribution in [0, 0.1) is 0 Å². The molecule has 2 aromatic rings. The second kappa shape index (κ2) is 4.49. The Morgan fingerprint density at radius 2 is 1.94 bits per heavy atom. The largest absolute Gasteiger partial charge is 0.464 e. The van der Waals surface area contributed by atoms with Gasteiger partial charge >= 0.3 is 6.18 Å². The number of halogens is 3. The lowest BCUT2D eigenvalue weighted by molar-refractivity contribution is -0.137. The maximum Gasteiger partial charge on any atom is 0.416 e. The lowest BCUT2D eigenvalue weighted by Gasteiger charge is -2.10. The summed E-state index contributed by atoms with van der Waals surface area (Å²) >= 11 is 4.09. The molecule has 1 aromatic heterocycles. The van der Waals surface area contributed by atoms with E-state index in [4.69, 9.17) is 4.42 Å². The van der Waals surface area contributed by atoms with E-state index in [2.05, 4.69) is 12.6 Å². The first-order chi connectivity index (χ1) is 8.02. The fourth-order valence-corrected chi connectivity index (χ4v) is 1.83. The van der Waals surface area contributed by atoms with Crippen LogP contribution in [0.5, 0.6) is 0 Å². The Balaban J connectivity index is 2.55. The van der Waals surface area contributed by atoms with E-state index in [0.717, 1.165) is 12.1 Å². The molecular formula is C12H9F3OS. The van der Waals surface area contributed by atoms with E-state index < -0.39 is 11.7 Å². The van der Waals surface area contributed by atoms with Gasteiger partial charge < -0.3 is 4.42 Å². The van der Waals surface area contributed by atoms with Crippen LogP contribution in [0.1, 0.15) is 11.1 Å². The van der Waals surface area contributed by atoms with Crippen molar-refractivity contribution in [2.75, 3.05) is 0 Å². The van der Waals surface area contributed by atoms with E-state index in [9.17, 15) is 13.2 Å². The van der Waals surface area contributed by atoms with Crippen molar-refractivity contribution in [2.45, 2.75) is 11.9 Å². The Hall–Kier alpha value is -1.36. The molecule has 0 atom stereocenters. The van der Waals surface area contributed by atoms with Gasteiger partial charge in [0.25, 0.3) is 0 Å². The molecular weight excluding hydrogens is 249 g/mol. The second-order valence-electron chi connectivity index (χ2n) is 3.51. The van der Waals surface area contributed by atoms with Crippen LogP contribution in [0.3, 0.4) is 0 Å². The van der Waals surface area contributed by atoms with Crippen molar-refractivity contribution in [3.63, 3.8) is 0 Å². The van der Waals surface area contributed by atoms with E-state index in [1.807, 2.05) is 0 Å². The van der Waals surface area contributed by atoms with E-state index in [1.54, 1.807) is 12.1 Å². The minimum absolute atomic E-state index is 0.355. The average Bonchev–Trinajstić information content (AvgIpc) is 2.80. The van der Waals surface area contributed by atoms with Crippen molar-refractivity contribution < 1.29 is 17.6 Å². The molecule has 1 heterocycles. The first-order valence-electron chi connectivity index (χ1n) is 4.87. The Morgan fingerprint density at radius 3 is 2.47 bits per heavy atom. The molecule has 1 nitrogen and oxygen atoms in total. The third-order valence-electron chi connectivity index (χ3n) is 2.39. The Bertz CT molecular complexity index is 503. The molecule has 0 unspecified atom stereocenters. The SMILES string of the molecule is FC(F)(F)c1ccc(CS)c(-c2ccco2)c1. The van der Waals surface area contributed by atoms with Gasteiger partial charge in [-0.25, -0.2) is 0 Å². The molecule has 0 fully saturated rings. The van der Waals surface area contributed by atoms with Crippen LogP contribution in [-0.4, -0.2) is 0 Å². The predicted octanol–water partition coefficient (Wildman–Crippen LogP) is 4.40. The fourth-order valence-electron chi connectivity index (χ4n) is 1.55. The van der Waals surface area contributed by atoms with Crippen LogP contribution in [0.4, 0.5) is 13.2 Å². The molecule has 0 bridgehead atoms. The zero-order valence-corrected chi connectivity index (χ0v) is 9.55. The Morgan fingerprint density at radius 1 is 1.18 bits per heavy atom. The first-order valence-corrected chi connectivity index (χ1v) is 5.50. The summed E-state index contributed by atoms with van der Waals surface area (Å²) in [5.41, 5.74) is 0.450. The smallest absolute Gasteiger partial charge is 0.416 e. The van der Waals surface area contributed by atoms with Gasteiger partial charge in [0.05, 0.1) is 11.8 Å². The molecule has 0 saturated heterocycles. The van der Waals surface area contributed by atoms with E-state index in [1.165, 1.54) is 12.3 Å². The Kier molecular flexibility index (Phi) is 3.19. The standard InChI is InChI=1S/C12H9F3OS/c13-12(14,15)9-4-3-8(7-17)10(6-9)11-2-1-5-16-11/h1-6,17H,7H2. The fraction of sp³-hybridized carbons (Fsp3) is 0.167. The van der Waals surface area contributed by atoms with Gasteiger partial charge in [0, 0.05) is 11.3 Å². The minimum Gasteiger partial charge on any atom is -0.464 e. The summed E-state index contributed by atoms with van der Waals surface area (Å²) in [5.74, 6) is 0.772. The van der Waals surface area contributed by atoms with Crippen molar-refractivity contribution in [3.05, 3.63) is 47.7 Å². The van der Waals surface area contributed by atoms with Gasteiger partial charge in [-0.2, -0.15) is 25.8 Å². The molecule has 17 heavy (non-hydrogen) atoms. The molecule has 1 aromatic carbocycles. The van der Waals surface area contributed by atoms with Crippen molar-refractivity contribution in [1.29, 1.82) is 0 Å². The van der Waals surface area contributed by atoms with Crippen molar-refractivity contribution in [1.82, 2.24) is 0 Å². The number of rotatable bonds is 2. The monoisotopic (exact) mass is 258 g/mol. The van der Waals surface area contributed by atoms with Crippen molar-refractivity contribution in [2.24, 2.45) is 0 Å². The van der Waals surface area contributed by atoms with E-state index in [0.29, 0.717) is 22.6 Å². The summed E-state index contributed by atoms with van der Waals surface area (Å²) in [5, 5.41) is 0. The minimum atomic E-state index is -4.35. The number of furan rings is 1. The van der Waals surface area contributed by atoms with Gasteiger partial charge in [-0.3, -0.25) is 0 Å². The third kappa shape index (κ3) is 2.49. The van der Waals surface area contributed by atoms with Crippen LogP contribution < -0.4 is 0 Å². The van der Waals surface area contributed by atoms with Crippen LogP contribution in [0.25, 0.3) is 11.3 Å². The van der Waals surface area contributed by atoms with Gasteiger partial charge in [-0.15, -0.1) is 0 Å². The van der Waals surface area contributed by atoms with Gasteiger partial charge in [0.2, 0.25) is 0 Å². The maximum atomic E-state index is 12.6. The second-order valence-corrected chi connectivity index (χ2v) is 3.82. The molecule has 90 valence electrons. The molecule has 0 N–H and O–H groups in total. The number of benzene rings is 1. The summed E-state index contributed by atoms with van der Waals surface area (Å²) < 4.78 is 42.9. The third-order valence-corrected chi connectivity index (χ3v) is 2.73. The maximum absolute atomic E-state index is 12.6. The molecule has 5 heteroatoms. The zero-order chi connectivity index (χ0) is 12.5. The zero-order valence-electron chi connectivity index (χ0n) is 8.66. The van der Waals surface area contributed by atoms with Crippen molar-refractivity contribution in [3.8, 4) is 11.3 Å². The lowest BCUT2D eigenvalue weighted by atomic mass is 10.0. The van der Waals surface area contributed by atoms with E-state index in [-0.39, 0.29) is 0 Å². The molecule has 0 spiro atoms. The summed E-state index contributed by atoms with van der Waals surface area (Å²) in [6.45, 7) is 0. The normalized spacial score (nSPS) is 11.8. The van der Waals surface area contributed by atoms with Gasteiger partial charge in [-0.05, 0) is 29.8 Å². The van der Waals surface area contributed by atoms with Gasteiger partial charge in [-0.1, -0.05) is 6.07 Å². The Labute approximate surface area is 102 Å². The van der Waals surface area contributed by atoms with Gasteiger partial charge in [0.1, 0.15) is 5.76 Å². The first kappa shape index (κ1) is 12.1. The topological polar surface area (TPSA) is 13.1 Å². The highest BCUT2D eigenvalue weighted by Gasteiger charge is 2.31. The van der Waals surface area contributed by atoms with Crippen LogP contribution in [0.2, 0.25) is 0 Å². The van der Waals surface area contributed by atoms with Crippen LogP contribution >= 0.6 is 12.6 Å². The molecule has 0 aliphatic carbocycles. The summed E-state index contributed by atoms with van der Waals surface area (Å²) in [6, 6.07) is 6.83. The highest BCUT2D eigenvalue weighted by atomic mass is 32.1. The molecule has 0 aliphatic rings. The van der Waals surface area contributed by atoms with Gasteiger partial charge in [0.15, 0.2) is 0 Å². The average molecular weight is 258 g/mol. The van der Waals surface area contributed by atoms with Crippen LogP contribution in [0.15, 0.2) is 41.0 Å². The molecule has 0 radical (unpaired) electrons.